The fourth-order valence-corrected chi connectivity index (χ4v) is 2.03. The maximum absolute atomic E-state index is 10.8. The van der Waals surface area contributed by atoms with Gasteiger partial charge in [-0.1, -0.05) is 6.92 Å². The Kier molecular flexibility index (Phi) is 4.25. The number of aliphatic carboxylic acids is 2. The van der Waals surface area contributed by atoms with Gasteiger partial charge in [0.25, 0.3) is 0 Å². The summed E-state index contributed by atoms with van der Waals surface area (Å²) < 4.78 is 10.8. The second-order valence-corrected chi connectivity index (χ2v) is 4.72. The largest absolute Gasteiger partial charge is 0.481 e. The number of rotatable bonds is 5. The van der Waals surface area contributed by atoms with E-state index in [0.717, 1.165) is 6.92 Å². The van der Waals surface area contributed by atoms with Crippen LogP contribution in [0.3, 0.4) is 0 Å². The molecule has 0 aliphatic carbocycles. The fourth-order valence-electron chi connectivity index (χ4n) is 0.930. The van der Waals surface area contributed by atoms with E-state index in [0.29, 0.717) is 0 Å². The molecule has 0 aromatic rings. The van der Waals surface area contributed by atoms with E-state index >= 15 is 0 Å². The Morgan fingerprint density at radius 1 is 1.29 bits per heavy atom. The minimum absolute atomic E-state index is 0.863. The van der Waals surface area contributed by atoms with Crippen molar-refractivity contribution in [3.8, 4) is 0 Å². The Labute approximate surface area is 79.5 Å². The zero-order valence-electron chi connectivity index (χ0n) is 7.32. The summed E-state index contributed by atoms with van der Waals surface area (Å²) >= 11 is 0. The van der Waals surface area contributed by atoms with Crippen molar-refractivity contribution in [2.24, 2.45) is 5.92 Å². The average Bonchev–Trinajstić information content (AvgIpc) is 1.96. The molecule has 2 atom stereocenters. The first-order valence-corrected chi connectivity index (χ1v) is 5.34. The molecule has 0 aliphatic rings. The highest BCUT2D eigenvalue weighted by molar-refractivity contribution is 7.52. The zero-order valence-corrected chi connectivity index (χ0v) is 8.22. The second-order valence-electron chi connectivity index (χ2n) is 2.88. The summed E-state index contributed by atoms with van der Waals surface area (Å²) in [6.45, 7) is 1.06. The molecule has 7 nitrogen and oxygen atoms in total. The van der Waals surface area contributed by atoms with Crippen LogP contribution in [-0.4, -0.2) is 37.6 Å². The van der Waals surface area contributed by atoms with Gasteiger partial charge in [-0.15, -0.1) is 0 Å². The lowest BCUT2D eigenvalue weighted by atomic mass is 10.1. The zero-order chi connectivity index (χ0) is 11.5. The molecule has 0 bridgehead atoms. The van der Waals surface area contributed by atoms with Crippen molar-refractivity contribution >= 4 is 19.5 Å². The molecular formula is C6H11O7P. The molecule has 0 amide bonds. The molecule has 2 unspecified atom stereocenters. The lowest BCUT2D eigenvalue weighted by Crippen LogP contribution is -2.28. The molecule has 8 heteroatoms. The van der Waals surface area contributed by atoms with E-state index in [4.69, 9.17) is 20.0 Å². The molecule has 0 spiro atoms. The van der Waals surface area contributed by atoms with Gasteiger partial charge in [0.1, 0.15) is 0 Å². The summed E-state index contributed by atoms with van der Waals surface area (Å²) in [5, 5.41) is 16.8. The first kappa shape index (κ1) is 13.1. The van der Waals surface area contributed by atoms with Crippen LogP contribution in [-0.2, 0) is 14.2 Å². The van der Waals surface area contributed by atoms with Crippen LogP contribution in [0, 0.1) is 5.92 Å². The Bertz CT molecular complexity index is 280. The number of carbonyl (C=O) groups is 2. The summed E-state index contributed by atoms with van der Waals surface area (Å²) in [5.74, 6) is -4.27. The quantitative estimate of drug-likeness (QED) is 0.474. The molecular weight excluding hydrogens is 215 g/mol. The number of carboxylic acid groups (broad SMARTS) is 2. The molecule has 0 aromatic heterocycles. The summed E-state index contributed by atoms with van der Waals surface area (Å²) in [7, 11) is -4.70. The smallest absolute Gasteiger partial charge is 0.330 e. The van der Waals surface area contributed by atoms with Gasteiger partial charge in [-0.05, 0) is 0 Å². The third-order valence-electron chi connectivity index (χ3n) is 1.78. The van der Waals surface area contributed by atoms with E-state index in [-0.39, 0.29) is 0 Å². The lowest BCUT2D eigenvalue weighted by molar-refractivity contribution is -0.142. The van der Waals surface area contributed by atoms with Gasteiger partial charge in [-0.25, -0.2) is 0 Å². The molecule has 0 saturated carbocycles. The minimum atomic E-state index is -4.70. The first-order valence-electron chi connectivity index (χ1n) is 3.66. The SMILES string of the molecule is CC(C(=O)O)C(CC(=O)O)P(=O)(O)O. The van der Waals surface area contributed by atoms with E-state index in [9.17, 15) is 14.2 Å². The molecule has 0 aliphatic heterocycles. The van der Waals surface area contributed by atoms with Crippen molar-refractivity contribution in [2.45, 2.75) is 19.0 Å². The predicted molar refractivity (Wildman–Crippen MR) is 44.9 cm³/mol. The van der Waals surface area contributed by atoms with Crippen molar-refractivity contribution < 1.29 is 34.2 Å². The Morgan fingerprint density at radius 2 is 1.71 bits per heavy atom. The molecule has 14 heavy (non-hydrogen) atoms. The molecule has 0 saturated heterocycles. The fraction of sp³-hybridized carbons (Fsp3) is 0.667. The Hall–Kier alpha value is -0.910. The number of hydrogen-bond acceptors (Lipinski definition) is 3. The highest BCUT2D eigenvalue weighted by Gasteiger charge is 2.39. The minimum Gasteiger partial charge on any atom is -0.481 e. The highest BCUT2D eigenvalue weighted by atomic mass is 31.2. The number of hydrogen-bond donors (Lipinski definition) is 4. The normalized spacial score (nSPS) is 15.9. The highest BCUT2D eigenvalue weighted by Crippen LogP contribution is 2.46. The van der Waals surface area contributed by atoms with Crippen LogP contribution in [0.2, 0.25) is 0 Å². The molecule has 4 N–H and O–H groups in total. The van der Waals surface area contributed by atoms with Crippen LogP contribution >= 0.6 is 7.60 Å². The van der Waals surface area contributed by atoms with Crippen LogP contribution in [0.5, 0.6) is 0 Å². The van der Waals surface area contributed by atoms with Crippen molar-refractivity contribution in [1.29, 1.82) is 0 Å². The summed E-state index contributed by atoms with van der Waals surface area (Å²) in [4.78, 5) is 38.1. The van der Waals surface area contributed by atoms with Gasteiger partial charge in [-0.2, -0.15) is 0 Å². The van der Waals surface area contributed by atoms with Gasteiger partial charge in [0.15, 0.2) is 0 Å². The van der Waals surface area contributed by atoms with Gasteiger partial charge in [0, 0.05) is 0 Å². The van der Waals surface area contributed by atoms with Crippen LogP contribution in [0.15, 0.2) is 0 Å². The Morgan fingerprint density at radius 3 is 1.93 bits per heavy atom. The van der Waals surface area contributed by atoms with Gasteiger partial charge in [-0.3, -0.25) is 14.2 Å². The van der Waals surface area contributed by atoms with E-state index in [2.05, 4.69) is 0 Å². The summed E-state index contributed by atoms with van der Waals surface area (Å²) in [6.07, 6.45) is -0.863. The van der Waals surface area contributed by atoms with Crippen molar-refractivity contribution in [3.63, 3.8) is 0 Å². The van der Waals surface area contributed by atoms with Crippen molar-refractivity contribution in [2.75, 3.05) is 0 Å². The van der Waals surface area contributed by atoms with Gasteiger partial charge in [0.2, 0.25) is 0 Å². The topological polar surface area (TPSA) is 132 Å². The van der Waals surface area contributed by atoms with Gasteiger partial charge >= 0.3 is 19.5 Å². The molecule has 0 fully saturated rings. The standard InChI is InChI=1S/C6H11O7P/c1-3(6(9)10)4(2-5(7)8)14(11,12)13/h3-4H,2H2,1H3,(H,7,8)(H,9,10)(H2,11,12,13). The molecule has 82 valence electrons. The molecule has 0 radical (unpaired) electrons. The maximum atomic E-state index is 10.8. The average molecular weight is 226 g/mol. The monoisotopic (exact) mass is 226 g/mol. The van der Waals surface area contributed by atoms with Crippen LogP contribution in [0.25, 0.3) is 0 Å². The molecule has 0 heterocycles. The maximum Gasteiger partial charge on any atom is 0.330 e. The van der Waals surface area contributed by atoms with E-state index in [1.807, 2.05) is 0 Å². The van der Waals surface area contributed by atoms with Gasteiger partial charge in [0.05, 0.1) is 18.0 Å². The summed E-state index contributed by atoms with van der Waals surface area (Å²) in [5.41, 5.74) is -1.68. The van der Waals surface area contributed by atoms with Crippen LogP contribution in [0.1, 0.15) is 13.3 Å². The third kappa shape index (κ3) is 3.87. The first-order chi connectivity index (χ1) is 6.16. The van der Waals surface area contributed by atoms with Crippen molar-refractivity contribution in [1.82, 2.24) is 0 Å². The summed E-state index contributed by atoms with van der Waals surface area (Å²) in [6, 6.07) is 0. The van der Waals surface area contributed by atoms with E-state index < -0.39 is 37.5 Å². The van der Waals surface area contributed by atoms with E-state index in [1.165, 1.54) is 0 Å². The van der Waals surface area contributed by atoms with Crippen LogP contribution in [0.4, 0.5) is 0 Å². The van der Waals surface area contributed by atoms with Gasteiger partial charge < -0.3 is 20.0 Å². The number of carboxylic acids is 2. The second kappa shape index (κ2) is 4.54. The Balaban J connectivity index is 4.82. The lowest BCUT2D eigenvalue weighted by Gasteiger charge is -2.19. The van der Waals surface area contributed by atoms with E-state index in [1.54, 1.807) is 0 Å². The molecule has 0 rings (SSSR count). The molecule has 0 aromatic carbocycles. The predicted octanol–water partition coefficient (Wildman–Crippen LogP) is -0.272. The third-order valence-corrected chi connectivity index (χ3v) is 3.28. The van der Waals surface area contributed by atoms with Crippen molar-refractivity contribution in [3.05, 3.63) is 0 Å². The van der Waals surface area contributed by atoms with Crippen LogP contribution < -0.4 is 0 Å².